The number of furan rings is 1. The normalized spacial score (nSPS) is 17.8. The molecule has 1 unspecified atom stereocenters. The number of amides is 1. The Morgan fingerprint density at radius 2 is 1.72 bits per heavy atom. The van der Waals surface area contributed by atoms with Gasteiger partial charge in [0.2, 0.25) is 0 Å². The Hall–Kier alpha value is -4.01. The predicted octanol–water partition coefficient (Wildman–Crippen LogP) is 4.64. The Kier molecular flexibility index (Phi) is 5.25. The molecular formula is C23H16F3NO5. The third-order valence-electron chi connectivity index (χ3n) is 5.06. The lowest BCUT2D eigenvalue weighted by Gasteiger charge is -2.24. The fourth-order valence-corrected chi connectivity index (χ4v) is 3.63. The summed E-state index contributed by atoms with van der Waals surface area (Å²) in [5.41, 5.74) is -1.20. The van der Waals surface area contributed by atoms with Crippen molar-refractivity contribution < 1.29 is 37.0 Å². The maximum Gasteiger partial charge on any atom is 0.300 e. The molecule has 1 amide bonds. The quantitative estimate of drug-likeness (QED) is 0.361. The number of methoxy groups -OCH3 is 1. The van der Waals surface area contributed by atoms with Gasteiger partial charge in [0.25, 0.3) is 11.7 Å². The zero-order valence-electron chi connectivity index (χ0n) is 16.9. The molecule has 1 fully saturated rings. The van der Waals surface area contributed by atoms with Gasteiger partial charge in [-0.25, -0.2) is 13.2 Å². The molecule has 6 nitrogen and oxygen atoms in total. The third kappa shape index (κ3) is 3.41. The Bertz CT molecular complexity index is 1280. The Morgan fingerprint density at radius 3 is 2.38 bits per heavy atom. The summed E-state index contributed by atoms with van der Waals surface area (Å²) < 4.78 is 53.1. The number of Topliss-reactive ketones (excluding diaryl/α,β-unsaturated/α-hetero) is 1. The second-order valence-corrected chi connectivity index (χ2v) is 7.06. The van der Waals surface area contributed by atoms with Gasteiger partial charge in [0.05, 0.1) is 23.9 Å². The standard InChI is InChI=1S/C23H16F3NO5/c1-11-3-7-18(32-11)20-19(21(28)14-9-12(24)5-8-17(14)31-2)22(29)23(30)27(20)16-10-13(25)4-6-15(16)26/h3-10,20,28H,1-2H3/b21-19-. The van der Waals surface area contributed by atoms with Gasteiger partial charge in [-0.2, -0.15) is 0 Å². The number of aliphatic hydroxyl groups is 1. The second kappa shape index (κ2) is 7.92. The summed E-state index contributed by atoms with van der Waals surface area (Å²) in [6.07, 6.45) is 0. The van der Waals surface area contributed by atoms with E-state index in [1.54, 1.807) is 13.0 Å². The molecule has 9 heteroatoms. The number of hydrogen-bond acceptors (Lipinski definition) is 5. The molecule has 1 N–H and O–H groups in total. The summed E-state index contributed by atoms with van der Waals surface area (Å²) in [7, 11) is 1.28. The molecule has 32 heavy (non-hydrogen) atoms. The average molecular weight is 443 g/mol. The summed E-state index contributed by atoms with van der Waals surface area (Å²) >= 11 is 0. The third-order valence-corrected chi connectivity index (χ3v) is 5.06. The molecule has 1 aliphatic heterocycles. The van der Waals surface area contributed by atoms with Gasteiger partial charge >= 0.3 is 0 Å². The summed E-state index contributed by atoms with van der Waals surface area (Å²) in [4.78, 5) is 26.6. The van der Waals surface area contributed by atoms with E-state index in [-0.39, 0.29) is 17.1 Å². The van der Waals surface area contributed by atoms with Crippen molar-refractivity contribution in [2.75, 3.05) is 12.0 Å². The van der Waals surface area contributed by atoms with Crippen molar-refractivity contribution in [1.29, 1.82) is 0 Å². The SMILES string of the molecule is COc1ccc(F)cc1/C(O)=C1/C(=O)C(=O)N(c2cc(F)ccc2F)C1c1ccc(C)o1. The number of carbonyl (C=O) groups excluding carboxylic acids is 2. The zero-order valence-corrected chi connectivity index (χ0v) is 16.9. The molecule has 2 aromatic carbocycles. The van der Waals surface area contributed by atoms with Crippen LogP contribution in [0.1, 0.15) is 23.1 Å². The van der Waals surface area contributed by atoms with Crippen LogP contribution in [0.2, 0.25) is 0 Å². The Balaban J connectivity index is 2.01. The number of carbonyl (C=O) groups is 2. The number of hydrogen-bond donors (Lipinski definition) is 1. The van der Waals surface area contributed by atoms with Crippen molar-refractivity contribution >= 4 is 23.1 Å². The van der Waals surface area contributed by atoms with Crippen molar-refractivity contribution in [2.24, 2.45) is 0 Å². The summed E-state index contributed by atoms with van der Waals surface area (Å²) in [5, 5.41) is 11.0. The number of halogens is 3. The van der Waals surface area contributed by atoms with Crippen molar-refractivity contribution in [3.63, 3.8) is 0 Å². The summed E-state index contributed by atoms with van der Waals surface area (Å²) in [5.74, 6) is -5.24. The van der Waals surface area contributed by atoms with Crippen LogP contribution < -0.4 is 9.64 Å². The summed E-state index contributed by atoms with van der Waals surface area (Å²) in [6.45, 7) is 1.61. The van der Waals surface area contributed by atoms with Crippen LogP contribution in [0.4, 0.5) is 18.9 Å². The molecule has 0 radical (unpaired) electrons. The first-order valence-electron chi connectivity index (χ1n) is 9.39. The minimum absolute atomic E-state index is 0.0160. The monoisotopic (exact) mass is 443 g/mol. The minimum Gasteiger partial charge on any atom is -0.507 e. The molecule has 0 bridgehead atoms. The molecule has 0 spiro atoms. The first kappa shape index (κ1) is 21.2. The molecule has 4 rings (SSSR count). The van der Waals surface area contributed by atoms with E-state index in [4.69, 9.17) is 9.15 Å². The molecule has 0 saturated carbocycles. The fourth-order valence-electron chi connectivity index (χ4n) is 3.63. The molecule has 1 atom stereocenters. The molecule has 0 aliphatic carbocycles. The van der Waals surface area contributed by atoms with Crippen LogP contribution in [0.25, 0.3) is 5.76 Å². The van der Waals surface area contributed by atoms with E-state index in [1.807, 2.05) is 0 Å². The number of anilines is 1. The number of aryl methyl sites for hydroxylation is 1. The van der Waals surface area contributed by atoms with Crippen molar-refractivity contribution in [2.45, 2.75) is 13.0 Å². The van der Waals surface area contributed by atoms with E-state index in [2.05, 4.69) is 0 Å². The van der Waals surface area contributed by atoms with Crippen LogP contribution in [0, 0.1) is 24.4 Å². The van der Waals surface area contributed by atoms with Gasteiger partial charge in [-0.15, -0.1) is 0 Å². The highest BCUT2D eigenvalue weighted by molar-refractivity contribution is 6.51. The van der Waals surface area contributed by atoms with Crippen LogP contribution in [0.3, 0.4) is 0 Å². The number of ketones is 1. The van der Waals surface area contributed by atoms with Gasteiger partial charge in [0.15, 0.2) is 0 Å². The lowest BCUT2D eigenvalue weighted by molar-refractivity contribution is -0.132. The minimum atomic E-state index is -1.44. The van der Waals surface area contributed by atoms with E-state index in [9.17, 15) is 27.9 Å². The molecule has 164 valence electrons. The molecule has 2 heterocycles. The van der Waals surface area contributed by atoms with E-state index in [1.165, 1.54) is 19.2 Å². The van der Waals surface area contributed by atoms with E-state index >= 15 is 0 Å². The number of benzene rings is 2. The Morgan fingerprint density at radius 1 is 1.03 bits per heavy atom. The fraction of sp³-hybridized carbons (Fsp3) is 0.130. The largest absolute Gasteiger partial charge is 0.507 e. The van der Waals surface area contributed by atoms with Crippen LogP contribution in [0.5, 0.6) is 5.75 Å². The molecule has 1 aromatic heterocycles. The van der Waals surface area contributed by atoms with Crippen LogP contribution in [-0.4, -0.2) is 23.9 Å². The van der Waals surface area contributed by atoms with E-state index in [0.29, 0.717) is 10.7 Å². The van der Waals surface area contributed by atoms with Crippen molar-refractivity contribution in [3.05, 3.63) is 88.6 Å². The van der Waals surface area contributed by atoms with Gasteiger partial charge in [-0.3, -0.25) is 14.5 Å². The van der Waals surface area contributed by atoms with E-state index < -0.39 is 52.2 Å². The molecule has 3 aromatic rings. The van der Waals surface area contributed by atoms with E-state index in [0.717, 1.165) is 30.3 Å². The lowest BCUT2D eigenvalue weighted by atomic mass is 9.98. The number of ether oxygens (including phenoxy) is 1. The predicted molar refractivity (Wildman–Crippen MR) is 108 cm³/mol. The lowest BCUT2D eigenvalue weighted by Crippen LogP contribution is -2.30. The highest BCUT2D eigenvalue weighted by Crippen LogP contribution is 2.44. The first-order chi connectivity index (χ1) is 15.2. The first-order valence-corrected chi connectivity index (χ1v) is 9.39. The number of rotatable bonds is 4. The average Bonchev–Trinajstić information content (AvgIpc) is 3.30. The number of nitrogens with zero attached hydrogens (tertiary/aromatic N) is 1. The second-order valence-electron chi connectivity index (χ2n) is 7.06. The van der Waals surface area contributed by atoms with Crippen LogP contribution in [-0.2, 0) is 9.59 Å². The molecule has 1 aliphatic rings. The Labute approximate surface area is 180 Å². The van der Waals surface area contributed by atoms with Gasteiger partial charge < -0.3 is 14.3 Å². The maximum atomic E-state index is 14.6. The maximum absolute atomic E-state index is 14.6. The van der Waals surface area contributed by atoms with Crippen LogP contribution in [0.15, 0.2) is 58.5 Å². The van der Waals surface area contributed by atoms with Gasteiger partial charge in [0.1, 0.15) is 46.5 Å². The summed E-state index contributed by atoms with van der Waals surface area (Å²) in [6, 6.07) is 7.21. The highest BCUT2D eigenvalue weighted by Gasteiger charge is 2.49. The molecular weight excluding hydrogens is 427 g/mol. The van der Waals surface area contributed by atoms with Crippen molar-refractivity contribution in [3.8, 4) is 5.75 Å². The van der Waals surface area contributed by atoms with Crippen LogP contribution >= 0.6 is 0 Å². The van der Waals surface area contributed by atoms with Gasteiger partial charge in [-0.1, -0.05) is 0 Å². The van der Waals surface area contributed by atoms with Gasteiger partial charge in [-0.05, 0) is 49.4 Å². The topological polar surface area (TPSA) is 80.0 Å². The van der Waals surface area contributed by atoms with Gasteiger partial charge in [0, 0.05) is 6.07 Å². The smallest absolute Gasteiger partial charge is 0.300 e. The highest BCUT2D eigenvalue weighted by atomic mass is 19.1. The van der Waals surface area contributed by atoms with Crippen molar-refractivity contribution in [1.82, 2.24) is 0 Å². The zero-order chi connectivity index (χ0) is 23.2. The molecule has 1 saturated heterocycles. The number of aliphatic hydroxyl groups excluding tert-OH is 1.